The van der Waals surface area contributed by atoms with Gasteiger partial charge in [-0.05, 0) is 27.8 Å². The van der Waals surface area contributed by atoms with E-state index >= 15 is 0 Å². The number of rotatable bonds is 5. The summed E-state index contributed by atoms with van der Waals surface area (Å²) in [5, 5.41) is 8.95. The molecule has 13 heavy (non-hydrogen) atoms. The summed E-state index contributed by atoms with van der Waals surface area (Å²) in [6.45, 7) is 5.84. The highest BCUT2D eigenvalue weighted by atomic mass is 16.5. The van der Waals surface area contributed by atoms with E-state index in [4.69, 9.17) is 9.84 Å². The lowest BCUT2D eigenvalue weighted by Crippen LogP contribution is -2.52. The zero-order chi connectivity index (χ0) is 10.6. The quantitative estimate of drug-likeness (QED) is 0.695. The van der Waals surface area contributed by atoms with Gasteiger partial charge in [-0.3, -0.25) is 9.69 Å². The predicted molar refractivity (Wildman–Crippen MR) is 50.8 cm³/mol. The lowest BCUT2D eigenvalue weighted by atomic mass is 10.0. The van der Waals surface area contributed by atoms with E-state index in [1.165, 1.54) is 0 Å². The Bertz CT molecular complexity index is 180. The van der Waals surface area contributed by atoms with Crippen molar-refractivity contribution in [3.63, 3.8) is 0 Å². The molecule has 0 heterocycles. The van der Waals surface area contributed by atoms with Crippen LogP contribution in [0, 0.1) is 0 Å². The van der Waals surface area contributed by atoms with E-state index in [0.717, 1.165) is 0 Å². The van der Waals surface area contributed by atoms with Crippen LogP contribution in [0.4, 0.5) is 0 Å². The third-order valence-corrected chi connectivity index (χ3v) is 2.47. The molecule has 0 rings (SSSR count). The average Bonchev–Trinajstić information content (AvgIpc) is 2.03. The first kappa shape index (κ1) is 12.4. The maximum atomic E-state index is 10.9. The van der Waals surface area contributed by atoms with Gasteiger partial charge >= 0.3 is 5.97 Å². The number of hydrogen-bond donors (Lipinski definition) is 1. The Hall–Kier alpha value is -0.610. The van der Waals surface area contributed by atoms with Gasteiger partial charge in [-0.1, -0.05) is 0 Å². The van der Waals surface area contributed by atoms with Crippen LogP contribution in [0.15, 0.2) is 0 Å². The Labute approximate surface area is 79.5 Å². The molecular weight excluding hydrogens is 170 g/mol. The summed E-state index contributed by atoms with van der Waals surface area (Å²) in [4.78, 5) is 12.7. The topological polar surface area (TPSA) is 49.8 Å². The molecule has 1 atom stereocenters. The van der Waals surface area contributed by atoms with Crippen molar-refractivity contribution in [2.75, 3.05) is 20.8 Å². The molecule has 1 unspecified atom stereocenters. The fourth-order valence-corrected chi connectivity index (χ4v) is 1.05. The van der Waals surface area contributed by atoms with Gasteiger partial charge in [-0.25, -0.2) is 0 Å². The zero-order valence-electron chi connectivity index (χ0n) is 9.00. The molecule has 0 aromatic carbocycles. The number of carboxylic acid groups (broad SMARTS) is 1. The van der Waals surface area contributed by atoms with Crippen molar-refractivity contribution in [3.05, 3.63) is 0 Å². The Balaban J connectivity index is 4.39. The molecule has 0 amide bonds. The highest BCUT2D eigenvalue weighted by Gasteiger charge is 2.34. The van der Waals surface area contributed by atoms with Crippen LogP contribution in [-0.4, -0.2) is 48.3 Å². The van der Waals surface area contributed by atoms with Crippen molar-refractivity contribution >= 4 is 5.97 Å². The first-order chi connectivity index (χ1) is 5.84. The van der Waals surface area contributed by atoms with Gasteiger partial charge in [0.2, 0.25) is 0 Å². The number of likely N-dealkylation sites (N-methyl/N-ethyl adjacent to an activating group) is 1. The van der Waals surface area contributed by atoms with Crippen molar-refractivity contribution in [2.24, 2.45) is 0 Å². The maximum Gasteiger partial charge on any atom is 0.323 e. The van der Waals surface area contributed by atoms with Crippen LogP contribution < -0.4 is 0 Å². The van der Waals surface area contributed by atoms with E-state index < -0.39 is 11.5 Å². The van der Waals surface area contributed by atoms with Crippen LogP contribution in [0.5, 0.6) is 0 Å². The summed E-state index contributed by atoms with van der Waals surface area (Å²) in [6, 6.07) is 0.0936. The second-order valence-corrected chi connectivity index (χ2v) is 3.78. The minimum atomic E-state index is -0.849. The molecule has 0 spiro atoms. The number of nitrogens with zero attached hydrogens (tertiary/aromatic N) is 1. The molecule has 0 bridgehead atoms. The van der Waals surface area contributed by atoms with Crippen LogP contribution in [-0.2, 0) is 9.53 Å². The first-order valence-electron chi connectivity index (χ1n) is 4.29. The van der Waals surface area contributed by atoms with E-state index in [1.807, 2.05) is 6.92 Å². The Morgan fingerprint density at radius 1 is 1.62 bits per heavy atom. The Morgan fingerprint density at radius 3 is 2.38 bits per heavy atom. The minimum absolute atomic E-state index is 0.0936. The standard InChI is InChI=1S/C9H19NO3/c1-7(6-13-5)10(4)9(2,3)8(11)12/h7H,6H2,1-5H3,(H,11,12). The van der Waals surface area contributed by atoms with Crippen molar-refractivity contribution in [3.8, 4) is 0 Å². The molecule has 0 aliphatic heterocycles. The van der Waals surface area contributed by atoms with Crippen molar-refractivity contribution in [2.45, 2.75) is 32.4 Å². The number of carboxylic acids is 1. The van der Waals surface area contributed by atoms with Crippen molar-refractivity contribution in [1.29, 1.82) is 0 Å². The van der Waals surface area contributed by atoms with Crippen molar-refractivity contribution < 1.29 is 14.6 Å². The molecule has 1 N–H and O–H groups in total. The number of hydrogen-bond acceptors (Lipinski definition) is 3. The van der Waals surface area contributed by atoms with Crippen LogP contribution in [0.3, 0.4) is 0 Å². The molecule has 0 saturated carbocycles. The van der Waals surface area contributed by atoms with E-state index in [9.17, 15) is 4.79 Å². The van der Waals surface area contributed by atoms with Crippen LogP contribution in [0.2, 0.25) is 0 Å². The van der Waals surface area contributed by atoms with Gasteiger partial charge in [-0.2, -0.15) is 0 Å². The van der Waals surface area contributed by atoms with E-state index in [1.54, 1.807) is 32.9 Å². The zero-order valence-corrected chi connectivity index (χ0v) is 9.00. The van der Waals surface area contributed by atoms with Gasteiger partial charge in [0, 0.05) is 13.2 Å². The van der Waals surface area contributed by atoms with Crippen LogP contribution in [0.25, 0.3) is 0 Å². The number of aliphatic carboxylic acids is 1. The smallest absolute Gasteiger partial charge is 0.323 e. The first-order valence-corrected chi connectivity index (χ1v) is 4.29. The summed E-state index contributed by atoms with van der Waals surface area (Å²) in [7, 11) is 3.40. The van der Waals surface area contributed by atoms with Gasteiger partial charge in [0.1, 0.15) is 5.54 Å². The van der Waals surface area contributed by atoms with Gasteiger partial charge < -0.3 is 9.84 Å². The van der Waals surface area contributed by atoms with E-state index in [-0.39, 0.29) is 6.04 Å². The molecule has 4 heteroatoms. The molecule has 0 saturated heterocycles. The predicted octanol–water partition coefficient (Wildman–Crippen LogP) is 0.816. The van der Waals surface area contributed by atoms with E-state index in [0.29, 0.717) is 6.61 Å². The number of methoxy groups -OCH3 is 1. The molecule has 78 valence electrons. The lowest BCUT2D eigenvalue weighted by Gasteiger charge is -2.35. The third kappa shape index (κ3) is 2.97. The molecule has 4 nitrogen and oxygen atoms in total. The average molecular weight is 189 g/mol. The third-order valence-electron chi connectivity index (χ3n) is 2.47. The van der Waals surface area contributed by atoms with Crippen molar-refractivity contribution in [1.82, 2.24) is 4.90 Å². The molecule has 0 aromatic rings. The minimum Gasteiger partial charge on any atom is -0.480 e. The second-order valence-electron chi connectivity index (χ2n) is 3.78. The molecule has 0 aromatic heterocycles. The molecule has 0 aliphatic rings. The second kappa shape index (κ2) is 4.58. The van der Waals surface area contributed by atoms with Gasteiger partial charge in [0.15, 0.2) is 0 Å². The number of carbonyl (C=O) groups is 1. The monoisotopic (exact) mass is 189 g/mol. The summed E-state index contributed by atoms with van der Waals surface area (Å²) < 4.78 is 4.97. The molecule has 0 fully saturated rings. The van der Waals surface area contributed by atoms with Crippen LogP contribution in [0.1, 0.15) is 20.8 Å². The fourth-order valence-electron chi connectivity index (χ4n) is 1.05. The fraction of sp³-hybridized carbons (Fsp3) is 0.889. The Morgan fingerprint density at radius 2 is 2.08 bits per heavy atom. The summed E-state index contributed by atoms with van der Waals surface area (Å²) >= 11 is 0. The number of ether oxygens (including phenoxy) is 1. The molecule has 0 radical (unpaired) electrons. The summed E-state index contributed by atoms with van der Waals surface area (Å²) in [5.41, 5.74) is -0.849. The SMILES string of the molecule is COCC(C)N(C)C(C)(C)C(=O)O. The largest absolute Gasteiger partial charge is 0.480 e. The Kier molecular flexibility index (Phi) is 4.36. The van der Waals surface area contributed by atoms with E-state index in [2.05, 4.69) is 0 Å². The van der Waals surface area contributed by atoms with Gasteiger partial charge in [0.25, 0.3) is 0 Å². The summed E-state index contributed by atoms with van der Waals surface area (Å²) in [5.74, 6) is -0.821. The summed E-state index contributed by atoms with van der Waals surface area (Å²) in [6.07, 6.45) is 0. The highest BCUT2D eigenvalue weighted by Crippen LogP contribution is 2.15. The highest BCUT2D eigenvalue weighted by molar-refractivity contribution is 5.77. The molecule has 0 aliphatic carbocycles. The molecular formula is C9H19NO3. The van der Waals surface area contributed by atoms with Crippen LogP contribution >= 0.6 is 0 Å². The lowest BCUT2D eigenvalue weighted by molar-refractivity contribution is -0.150. The maximum absolute atomic E-state index is 10.9. The normalized spacial score (nSPS) is 14.6. The van der Waals surface area contributed by atoms with Gasteiger partial charge in [-0.15, -0.1) is 0 Å². The van der Waals surface area contributed by atoms with Gasteiger partial charge in [0.05, 0.1) is 6.61 Å².